The molecule has 1 saturated heterocycles. The molecule has 1 aliphatic heterocycles. The van der Waals surface area contributed by atoms with Crippen molar-refractivity contribution in [2.45, 2.75) is 13.0 Å². The number of hydrogen-bond acceptors (Lipinski definition) is 5. The molecule has 5 heteroatoms. The highest BCUT2D eigenvalue weighted by molar-refractivity contribution is 5.55. The van der Waals surface area contributed by atoms with Crippen molar-refractivity contribution in [3.05, 3.63) is 60.2 Å². The molecular weight excluding hydrogens is 352 g/mol. The van der Waals surface area contributed by atoms with Crippen LogP contribution >= 0.6 is 0 Å². The number of aliphatic hydroxyl groups excluding tert-OH is 1. The average Bonchev–Trinajstić information content (AvgIpc) is 2.74. The molecule has 0 unspecified atom stereocenters. The third-order valence-corrected chi connectivity index (χ3v) is 4.94. The van der Waals surface area contributed by atoms with E-state index in [1.165, 1.54) is 5.69 Å². The maximum Gasteiger partial charge on any atom is 0.161 e. The monoisotopic (exact) mass is 382 g/mol. The number of nitrogens with zero attached hydrogens (tertiary/aromatic N) is 2. The highest BCUT2D eigenvalue weighted by Gasteiger charge is 2.20. The second-order valence-corrected chi connectivity index (χ2v) is 7.00. The van der Waals surface area contributed by atoms with Crippen molar-refractivity contribution < 1.29 is 14.6 Å². The van der Waals surface area contributed by atoms with E-state index in [0.717, 1.165) is 31.7 Å². The smallest absolute Gasteiger partial charge is 0.161 e. The summed E-state index contributed by atoms with van der Waals surface area (Å²) in [5.74, 6) is 1.34. The zero-order chi connectivity index (χ0) is 19.8. The molecule has 1 heterocycles. The van der Waals surface area contributed by atoms with Gasteiger partial charge in [0.25, 0.3) is 0 Å². The maximum absolute atomic E-state index is 10.4. The van der Waals surface area contributed by atoms with Gasteiger partial charge >= 0.3 is 0 Å². The lowest BCUT2D eigenvalue weighted by molar-refractivity contribution is 0.0653. The van der Waals surface area contributed by atoms with Crippen LogP contribution in [0, 0.1) is 0 Å². The van der Waals surface area contributed by atoms with Crippen molar-refractivity contribution >= 4 is 11.8 Å². The molecule has 1 N–H and O–H groups in total. The van der Waals surface area contributed by atoms with Gasteiger partial charge in [-0.15, -0.1) is 0 Å². The van der Waals surface area contributed by atoms with Gasteiger partial charge in [0, 0.05) is 38.4 Å². The predicted molar refractivity (Wildman–Crippen MR) is 114 cm³/mol. The van der Waals surface area contributed by atoms with Gasteiger partial charge in [-0.2, -0.15) is 0 Å². The first-order valence-corrected chi connectivity index (χ1v) is 9.83. The Bertz CT molecular complexity index is 756. The Labute approximate surface area is 167 Å². The Hall–Kier alpha value is -2.50. The van der Waals surface area contributed by atoms with Crippen molar-refractivity contribution in [3.63, 3.8) is 0 Å². The minimum absolute atomic E-state index is 0.248. The van der Waals surface area contributed by atoms with E-state index in [1.54, 1.807) is 7.11 Å². The highest BCUT2D eigenvalue weighted by Crippen LogP contribution is 2.28. The number of allylic oxidation sites excluding steroid dienone is 1. The molecule has 1 fully saturated rings. The standard InChI is InChI=1S/C23H30N2O3/c1-3-7-19-10-11-22(23(16-19)27-2)28-18-21(26)17-24-12-14-25(15-13-24)20-8-5-4-6-9-20/h3-11,16,21,26H,12-15,17-18H2,1-2H3/b7-3+/t21-/m0/s1. The number of ether oxygens (including phenoxy) is 2. The minimum atomic E-state index is -0.539. The number of anilines is 1. The molecular formula is C23H30N2O3. The van der Waals surface area contributed by atoms with E-state index in [0.29, 0.717) is 18.0 Å². The second-order valence-electron chi connectivity index (χ2n) is 7.00. The molecule has 2 aromatic carbocycles. The van der Waals surface area contributed by atoms with Crippen LogP contribution in [0.1, 0.15) is 12.5 Å². The number of rotatable bonds is 8. The van der Waals surface area contributed by atoms with Crippen LogP contribution in [0.3, 0.4) is 0 Å². The van der Waals surface area contributed by atoms with Crippen LogP contribution in [0.4, 0.5) is 5.69 Å². The summed E-state index contributed by atoms with van der Waals surface area (Å²) in [6.45, 7) is 6.66. The van der Waals surface area contributed by atoms with Crippen LogP contribution in [-0.4, -0.2) is 62.6 Å². The first-order valence-electron chi connectivity index (χ1n) is 9.83. The lowest BCUT2D eigenvalue weighted by Gasteiger charge is -2.36. The number of piperazine rings is 1. The molecule has 1 atom stereocenters. The van der Waals surface area contributed by atoms with E-state index in [-0.39, 0.29) is 6.61 Å². The van der Waals surface area contributed by atoms with E-state index in [4.69, 9.17) is 9.47 Å². The number of hydrogen-bond donors (Lipinski definition) is 1. The Kier molecular flexibility index (Phi) is 7.34. The predicted octanol–water partition coefficient (Wildman–Crippen LogP) is 3.29. The van der Waals surface area contributed by atoms with Crippen LogP contribution in [0.5, 0.6) is 11.5 Å². The summed E-state index contributed by atoms with van der Waals surface area (Å²) in [6.07, 6.45) is 3.45. The molecule has 0 amide bonds. The molecule has 0 aliphatic carbocycles. The van der Waals surface area contributed by atoms with Crippen LogP contribution in [0.25, 0.3) is 6.08 Å². The van der Waals surface area contributed by atoms with Crippen molar-refractivity contribution in [2.24, 2.45) is 0 Å². The lowest BCUT2D eigenvalue weighted by atomic mass is 10.2. The third kappa shape index (κ3) is 5.50. The van der Waals surface area contributed by atoms with E-state index >= 15 is 0 Å². The molecule has 0 aromatic heterocycles. The van der Waals surface area contributed by atoms with Crippen molar-refractivity contribution in [1.29, 1.82) is 0 Å². The lowest BCUT2D eigenvalue weighted by Crippen LogP contribution is -2.49. The molecule has 5 nitrogen and oxygen atoms in total. The first-order chi connectivity index (χ1) is 13.7. The number of aliphatic hydroxyl groups is 1. The Morgan fingerprint density at radius 2 is 1.79 bits per heavy atom. The van der Waals surface area contributed by atoms with Crippen LogP contribution < -0.4 is 14.4 Å². The highest BCUT2D eigenvalue weighted by atomic mass is 16.5. The Morgan fingerprint density at radius 1 is 1.04 bits per heavy atom. The van der Waals surface area contributed by atoms with Crippen LogP contribution in [0.15, 0.2) is 54.6 Å². The van der Waals surface area contributed by atoms with Crippen molar-refractivity contribution in [2.75, 3.05) is 51.3 Å². The summed E-state index contributed by atoms with van der Waals surface area (Å²) < 4.78 is 11.2. The number of β-amino-alcohol motifs (C(OH)–C–C–N with tert-alkyl or cyclic N) is 1. The van der Waals surface area contributed by atoms with Gasteiger partial charge in [-0.05, 0) is 36.8 Å². The maximum atomic E-state index is 10.4. The van der Waals surface area contributed by atoms with Gasteiger partial charge in [0.15, 0.2) is 11.5 Å². The third-order valence-electron chi connectivity index (χ3n) is 4.94. The fourth-order valence-corrected chi connectivity index (χ4v) is 3.46. The molecule has 3 rings (SSSR count). The topological polar surface area (TPSA) is 45.2 Å². The van der Waals surface area contributed by atoms with Crippen LogP contribution in [0.2, 0.25) is 0 Å². The Morgan fingerprint density at radius 3 is 2.46 bits per heavy atom. The quantitative estimate of drug-likeness (QED) is 0.759. The largest absolute Gasteiger partial charge is 0.493 e. The molecule has 0 bridgehead atoms. The fraction of sp³-hybridized carbons (Fsp3) is 0.391. The van der Waals surface area contributed by atoms with E-state index in [1.807, 2.05) is 43.3 Å². The van der Waals surface area contributed by atoms with Gasteiger partial charge in [0.1, 0.15) is 12.7 Å². The summed E-state index contributed by atoms with van der Waals surface area (Å²) in [7, 11) is 1.63. The molecule has 150 valence electrons. The zero-order valence-electron chi connectivity index (χ0n) is 16.8. The van der Waals surface area contributed by atoms with E-state index in [2.05, 4.69) is 34.1 Å². The number of methoxy groups -OCH3 is 1. The first kappa shape index (κ1) is 20.2. The second kappa shape index (κ2) is 10.2. The van der Waals surface area contributed by atoms with Gasteiger partial charge in [0.05, 0.1) is 7.11 Å². The molecule has 0 saturated carbocycles. The molecule has 1 aliphatic rings. The molecule has 0 spiro atoms. The van der Waals surface area contributed by atoms with E-state index < -0.39 is 6.10 Å². The van der Waals surface area contributed by atoms with Gasteiger partial charge in [-0.25, -0.2) is 0 Å². The summed E-state index contributed by atoms with van der Waals surface area (Å²) >= 11 is 0. The molecule has 2 aromatic rings. The van der Waals surface area contributed by atoms with Crippen molar-refractivity contribution in [3.8, 4) is 11.5 Å². The van der Waals surface area contributed by atoms with E-state index in [9.17, 15) is 5.11 Å². The summed E-state index contributed by atoms with van der Waals surface area (Å²) in [5, 5.41) is 10.4. The average molecular weight is 383 g/mol. The fourth-order valence-electron chi connectivity index (χ4n) is 3.46. The number of benzene rings is 2. The molecule has 28 heavy (non-hydrogen) atoms. The molecule has 0 radical (unpaired) electrons. The van der Waals surface area contributed by atoms with Crippen LogP contribution in [-0.2, 0) is 0 Å². The summed E-state index contributed by atoms with van der Waals surface area (Å²) in [4.78, 5) is 4.68. The normalized spacial score (nSPS) is 16.3. The van der Waals surface area contributed by atoms with Gasteiger partial charge in [-0.1, -0.05) is 36.4 Å². The number of para-hydroxylation sites is 1. The van der Waals surface area contributed by atoms with Gasteiger partial charge in [0.2, 0.25) is 0 Å². The van der Waals surface area contributed by atoms with Crippen molar-refractivity contribution in [1.82, 2.24) is 4.90 Å². The minimum Gasteiger partial charge on any atom is -0.493 e. The summed E-state index contributed by atoms with van der Waals surface area (Å²) in [5.41, 5.74) is 2.32. The zero-order valence-corrected chi connectivity index (χ0v) is 16.8. The van der Waals surface area contributed by atoms with Gasteiger partial charge < -0.3 is 19.5 Å². The SMILES string of the molecule is C/C=C/c1ccc(OC[C@@H](O)CN2CCN(c3ccccc3)CC2)c(OC)c1. The van der Waals surface area contributed by atoms with Gasteiger partial charge in [-0.3, -0.25) is 4.90 Å². The summed E-state index contributed by atoms with van der Waals surface area (Å²) in [6, 6.07) is 16.3. The Balaban J connectivity index is 1.46.